The molecule has 1 aromatic carbocycles. The first kappa shape index (κ1) is 17.7. The number of benzene rings is 1. The summed E-state index contributed by atoms with van der Waals surface area (Å²) >= 11 is 0. The van der Waals surface area contributed by atoms with Crippen LogP contribution in [0.1, 0.15) is 25.3 Å². The van der Waals surface area contributed by atoms with Gasteiger partial charge in [-0.05, 0) is 24.8 Å². The topological polar surface area (TPSA) is 86.8 Å². The first-order valence-corrected chi connectivity index (χ1v) is 8.02. The average molecular weight is 331 g/mol. The predicted molar refractivity (Wildman–Crippen MR) is 86.9 cm³/mol. The van der Waals surface area contributed by atoms with Crippen molar-refractivity contribution in [2.45, 2.75) is 26.2 Å². The van der Waals surface area contributed by atoms with E-state index >= 15 is 0 Å². The monoisotopic (exact) mass is 331 g/mol. The van der Waals surface area contributed by atoms with Crippen molar-refractivity contribution < 1.29 is 19.2 Å². The maximum absolute atomic E-state index is 12.0. The molecule has 1 heterocycles. The first-order chi connectivity index (χ1) is 11.5. The molecule has 5 amide bonds. The Hall–Kier alpha value is -2.70. The molecule has 0 aromatic heterocycles. The van der Waals surface area contributed by atoms with Crippen LogP contribution in [0.3, 0.4) is 0 Å². The molecule has 2 rings (SSSR count). The Balaban J connectivity index is 1.77. The van der Waals surface area contributed by atoms with Gasteiger partial charge in [-0.25, -0.2) is 9.69 Å². The van der Waals surface area contributed by atoms with Crippen LogP contribution >= 0.6 is 0 Å². The van der Waals surface area contributed by atoms with Crippen LogP contribution in [-0.4, -0.2) is 53.2 Å². The molecule has 1 fully saturated rings. The summed E-state index contributed by atoms with van der Waals surface area (Å²) in [5.41, 5.74) is 1.18. The molecule has 0 aliphatic carbocycles. The Morgan fingerprint density at radius 3 is 2.38 bits per heavy atom. The highest BCUT2D eigenvalue weighted by Gasteiger charge is 2.44. The molecule has 1 aliphatic heterocycles. The summed E-state index contributed by atoms with van der Waals surface area (Å²) in [5.74, 6) is -2.25. The number of hydrogen-bond acceptors (Lipinski definition) is 4. The van der Waals surface area contributed by atoms with E-state index in [9.17, 15) is 19.2 Å². The summed E-state index contributed by atoms with van der Waals surface area (Å²) in [7, 11) is 0. The Labute approximate surface area is 140 Å². The number of urea groups is 1. The van der Waals surface area contributed by atoms with Crippen molar-refractivity contribution in [1.82, 2.24) is 15.1 Å². The third-order valence-electron chi connectivity index (χ3n) is 3.69. The zero-order valence-corrected chi connectivity index (χ0v) is 13.7. The Morgan fingerprint density at radius 2 is 1.71 bits per heavy atom. The Morgan fingerprint density at radius 1 is 1.04 bits per heavy atom. The van der Waals surface area contributed by atoms with Crippen molar-refractivity contribution in [2.75, 3.05) is 19.6 Å². The smallest absolute Gasteiger partial charge is 0.334 e. The molecule has 24 heavy (non-hydrogen) atoms. The number of hydrogen-bond donors (Lipinski definition) is 1. The lowest BCUT2D eigenvalue weighted by molar-refractivity contribution is -0.144. The van der Waals surface area contributed by atoms with Gasteiger partial charge in [-0.1, -0.05) is 37.3 Å². The van der Waals surface area contributed by atoms with Crippen LogP contribution in [0, 0.1) is 0 Å². The molecule has 0 bridgehead atoms. The highest BCUT2D eigenvalue weighted by atomic mass is 16.2. The molecule has 0 atom stereocenters. The number of rotatable bonds is 8. The van der Waals surface area contributed by atoms with Gasteiger partial charge in [0.15, 0.2) is 0 Å². The number of nitrogens with zero attached hydrogens (tertiary/aromatic N) is 2. The highest BCUT2D eigenvalue weighted by Crippen LogP contribution is 2.12. The van der Waals surface area contributed by atoms with Crippen molar-refractivity contribution in [3.63, 3.8) is 0 Å². The molecule has 1 aromatic rings. The fraction of sp³-hybridized carbons (Fsp3) is 0.412. The van der Waals surface area contributed by atoms with Gasteiger partial charge >= 0.3 is 17.8 Å². The standard InChI is InChI=1S/C17H21N3O4/c1-2-11-19-15(22)16(23)20(17(19)24)12-14(21)18-10-6-9-13-7-4-3-5-8-13/h3-5,7-8H,2,6,9-12H2,1H3,(H,18,21). The first-order valence-electron chi connectivity index (χ1n) is 8.02. The second-order valence-electron chi connectivity index (χ2n) is 5.57. The number of nitrogens with one attached hydrogen (secondary N) is 1. The van der Waals surface area contributed by atoms with Gasteiger partial charge in [0.2, 0.25) is 5.91 Å². The van der Waals surface area contributed by atoms with Crippen LogP contribution in [0.2, 0.25) is 0 Å². The number of amides is 5. The summed E-state index contributed by atoms with van der Waals surface area (Å²) in [6.07, 6.45) is 2.13. The molecule has 7 nitrogen and oxygen atoms in total. The van der Waals surface area contributed by atoms with E-state index in [0.29, 0.717) is 17.9 Å². The van der Waals surface area contributed by atoms with E-state index in [0.717, 1.165) is 17.7 Å². The lowest BCUT2D eigenvalue weighted by Crippen LogP contribution is -2.41. The van der Waals surface area contributed by atoms with Gasteiger partial charge < -0.3 is 5.32 Å². The minimum Gasteiger partial charge on any atom is -0.355 e. The molecular weight excluding hydrogens is 310 g/mol. The normalized spacial score (nSPS) is 14.5. The number of carbonyl (C=O) groups is 4. The van der Waals surface area contributed by atoms with Gasteiger partial charge in [-0.2, -0.15) is 0 Å². The SMILES string of the molecule is CCCN1C(=O)C(=O)N(CC(=O)NCCCc2ccccc2)C1=O. The molecular formula is C17H21N3O4. The molecule has 1 aliphatic rings. The molecule has 1 N–H and O–H groups in total. The molecule has 0 spiro atoms. The maximum atomic E-state index is 12.0. The maximum Gasteiger partial charge on any atom is 0.334 e. The van der Waals surface area contributed by atoms with Crippen LogP contribution in [-0.2, 0) is 20.8 Å². The third kappa shape index (κ3) is 4.18. The zero-order valence-electron chi connectivity index (χ0n) is 13.7. The van der Waals surface area contributed by atoms with Gasteiger partial charge in [0, 0.05) is 13.1 Å². The lowest BCUT2D eigenvalue weighted by atomic mass is 10.1. The van der Waals surface area contributed by atoms with Crippen LogP contribution in [0.25, 0.3) is 0 Å². The Bertz CT molecular complexity index is 630. The van der Waals surface area contributed by atoms with Crippen LogP contribution in [0.4, 0.5) is 4.79 Å². The molecule has 0 unspecified atom stereocenters. The largest absolute Gasteiger partial charge is 0.355 e. The molecule has 128 valence electrons. The second-order valence-corrected chi connectivity index (χ2v) is 5.57. The van der Waals surface area contributed by atoms with Gasteiger partial charge in [-0.15, -0.1) is 0 Å². The summed E-state index contributed by atoms with van der Waals surface area (Å²) in [6.45, 7) is 2.00. The molecule has 0 saturated carbocycles. The summed E-state index contributed by atoms with van der Waals surface area (Å²) in [4.78, 5) is 48.9. The number of imide groups is 2. The average Bonchev–Trinajstić information content (AvgIpc) is 2.78. The van der Waals surface area contributed by atoms with E-state index in [-0.39, 0.29) is 6.54 Å². The second kappa shape index (κ2) is 8.24. The van der Waals surface area contributed by atoms with Crippen molar-refractivity contribution in [3.8, 4) is 0 Å². The van der Waals surface area contributed by atoms with Gasteiger partial charge in [0.25, 0.3) is 0 Å². The van der Waals surface area contributed by atoms with E-state index in [1.165, 1.54) is 5.56 Å². The zero-order chi connectivity index (χ0) is 17.5. The fourth-order valence-corrected chi connectivity index (χ4v) is 2.48. The van der Waals surface area contributed by atoms with E-state index in [4.69, 9.17) is 0 Å². The number of carbonyl (C=O) groups excluding carboxylic acids is 4. The van der Waals surface area contributed by atoms with Crippen LogP contribution < -0.4 is 5.32 Å². The van der Waals surface area contributed by atoms with Crippen molar-refractivity contribution in [1.29, 1.82) is 0 Å². The summed E-state index contributed by atoms with van der Waals surface area (Å²) in [6, 6.07) is 9.16. The van der Waals surface area contributed by atoms with E-state index in [2.05, 4.69) is 5.32 Å². The predicted octanol–water partition coefficient (Wildman–Crippen LogP) is 0.936. The van der Waals surface area contributed by atoms with Gasteiger partial charge in [0.1, 0.15) is 6.54 Å². The van der Waals surface area contributed by atoms with Gasteiger partial charge in [-0.3, -0.25) is 19.3 Å². The minimum atomic E-state index is -0.937. The van der Waals surface area contributed by atoms with Crippen LogP contribution in [0.15, 0.2) is 30.3 Å². The molecule has 0 radical (unpaired) electrons. The van der Waals surface area contributed by atoms with Crippen LogP contribution in [0.5, 0.6) is 0 Å². The van der Waals surface area contributed by atoms with E-state index in [1.807, 2.05) is 30.3 Å². The minimum absolute atomic E-state index is 0.179. The highest BCUT2D eigenvalue weighted by molar-refractivity contribution is 6.45. The lowest BCUT2D eigenvalue weighted by Gasteiger charge is -2.14. The molecule has 1 saturated heterocycles. The fourth-order valence-electron chi connectivity index (χ4n) is 2.48. The third-order valence-corrected chi connectivity index (χ3v) is 3.69. The van der Waals surface area contributed by atoms with Crippen molar-refractivity contribution in [2.24, 2.45) is 0 Å². The molecule has 7 heteroatoms. The van der Waals surface area contributed by atoms with E-state index in [1.54, 1.807) is 6.92 Å². The quantitative estimate of drug-likeness (QED) is 0.436. The van der Waals surface area contributed by atoms with E-state index < -0.39 is 30.3 Å². The summed E-state index contributed by atoms with van der Waals surface area (Å²) < 4.78 is 0. The number of aryl methyl sites for hydroxylation is 1. The van der Waals surface area contributed by atoms with Gasteiger partial charge in [0.05, 0.1) is 0 Å². The summed E-state index contributed by atoms with van der Waals surface area (Å²) in [5, 5.41) is 2.67. The van der Waals surface area contributed by atoms with Crippen molar-refractivity contribution >= 4 is 23.8 Å². The van der Waals surface area contributed by atoms with Crippen molar-refractivity contribution in [3.05, 3.63) is 35.9 Å². The Kier molecular flexibility index (Phi) is 6.06.